The predicted molar refractivity (Wildman–Crippen MR) is 106 cm³/mol. The number of benzene rings is 3. The summed E-state index contributed by atoms with van der Waals surface area (Å²) in [5.41, 5.74) is 0.752. The van der Waals surface area contributed by atoms with Gasteiger partial charge >= 0.3 is 0 Å². The van der Waals surface area contributed by atoms with Gasteiger partial charge in [0.15, 0.2) is 0 Å². The Morgan fingerprint density at radius 2 is 1.75 bits per heavy atom. The summed E-state index contributed by atoms with van der Waals surface area (Å²) in [4.78, 5) is 12.3. The second-order valence-corrected chi connectivity index (χ2v) is 8.44. The van der Waals surface area contributed by atoms with E-state index in [1.165, 1.54) is 36.4 Å². The van der Waals surface area contributed by atoms with E-state index in [0.717, 1.165) is 0 Å². The maximum Gasteiger partial charge on any atom is 0.265 e. The number of rotatable bonds is 6. The molecule has 0 aliphatic heterocycles. The number of halogens is 2. The number of carbonyl (C=O) groups excluding carboxylic acids is 1. The van der Waals surface area contributed by atoms with Crippen LogP contribution in [0.5, 0.6) is 5.75 Å². The highest BCUT2D eigenvalue weighted by atomic mass is 79.9. The first-order valence-corrected chi connectivity index (χ1v) is 10.4. The van der Waals surface area contributed by atoms with Gasteiger partial charge in [-0.05, 0) is 54.1 Å². The van der Waals surface area contributed by atoms with Crippen LogP contribution in [0.4, 0.5) is 4.39 Å². The van der Waals surface area contributed by atoms with Gasteiger partial charge in [-0.25, -0.2) is 17.5 Å². The van der Waals surface area contributed by atoms with Crippen molar-refractivity contribution in [3.05, 3.63) is 94.2 Å². The van der Waals surface area contributed by atoms with Crippen molar-refractivity contribution >= 4 is 31.9 Å². The average Bonchev–Trinajstić information content (AvgIpc) is 2.66. The minimum atomic E-state index is -4.02. The van der Waals surface area contributed by atoms with Gasteiger partial charge in [-0.15, -0.1) is 0 Å². The van der Waals surface area contributed by atoms with E-state index in [1.807, 2.05) is 4.72 Å². The van der Waals surface area contributed by atoms with Crippen molar-refractivity contribution in [1.29, 1.82) is 0 Å². The third kappa shape index (κ3) is 5.17. The molecule has 0 atom stereocenters. The van der Waals surface area contributed by atoms with Gasteiger partial charge in [0.2, 0.25) is 0 Å². The molecule has 0 saturated carbocycles. The fourth-order valence-electron chi connectivity index (χ4n) is 2.39. The molecular weight excluding hydrogens is 449 g/mol. The summed E-state index contributed by atoms with van der Waals surface area (Å²) >= 11 is 3.20. The Bertz CT molecular complexity index is 1120. The molecule has 1 amide bonds. The monoisotopic (exact) mass is 463 g/mol. The van der Waals surface area contributed by atoms with Crippen LogP contribution in [0, 0.1) is 5.82 Å². The smallest absolute Gasteiger partial charge is 0.265 e. The summed E-state index contributed by atoms with van der Waals surface area (Å²) in [5.74, 6) is -0.792. The molecule has 0 aromatic heterocycles. The Balaban J connectivity index is 1.71. The van der Waals surface area contributed by atoms with Crippen molar-refractivity contribution in [2.45, 2.75) is 11.5 Å². The van der Waals surface area contributed by atoms with Crippen LogP contribution in [0.15, 0.2) is 82.2 Å². The van der Waals surface area contributed by atoms with E-state index >= 15 is 0 Å². The van der Waals surface area contributed by atoms with Gasteiger partial charge in [0, 0.05) is 10.0 Å². The number of sulfonamides is 1. The minimum absolute atomic E-state index is 0.0336. The molecule has 144 valence electrons. The second kappa shape index (κ2) is 8.53. The lowest BCUT2D eigenvalue weighted by atomic mass is 10.2. The van der Waals surface area contributed by atoms with Crippen LogP contribution in [0.3, 0.4) is 0 Å². The molecule has 0 spiro atoms. The van der Waals surface area contributed by atoms with Crippen LogP contribution in [0.2, 0.25) is 0 Å². The van der Waals surface area contributed by atoms with E-state index in [4.69, 9.17) is 4.74 Å². The fraction of sp³-hybridized carbons (Fsp3) is 0.0500. The molecule has 5 nitrogen and oxygen atoms in total. The number of amides is 1. The molecule has 3 rings (SSSR count). The van der Waals surface area contributed by atoms with Gasteiger partial charge in [0.05, 0.1) is 4.90 Å². The van der Waals surface area contributed by atoms with Gasteiger partial charge in [0.25, 0.3) is 15.9 Å². The molecule has 0 aliphatic carbocycles. The van der Waals surface area contributed by atoms with Crippen molar-refractivity contribution < 1.29 is 22.3 Å². The van der Waals surface area contributed by atoms with Crippen molar-refractivity contribution in [2.24, 2.45) is 0 Å². The van der Waals surface area contributed by atoms with E-state index in [1.54, 1.807) is 36.4 Å². The lowest BCUT2D eigenvalue weighted by Crippen LogP contribution is -2.30. The zero-order valence-corrected chi connectivity index (χ0v) is 16.8. The zero-order chi connectivity index (χ0) is 20.1. The zero-order valence-electron chi connectivity index (χ0n) is 14.4. The number of nitrogens with one attached hydrogen (secondary N) is 1. The third-order valence-corrected chi connectivity index (χ3v) is 5.55. The van der Waals surface area contributed by atoms with Crippen LogP contribution in [-0.4, -0.2) is 14.3 Å². The molecule has 0 saturated heterocycles. The quantitative estimate of drug-likeness (QED) is 0.591. The van der Waals surface area contributed by atoms with Gasteiger partial charge in [0.1, 0.15) is 18.2 Å². The summed E-state index contributed by atoms with van der Waals surface area (Å²) in [6, 6.07) is 18.1. The van der Waals surface area contributed by atoms with Gasteiger partial charge in [-0.2, -0.15) is 0 Å². The van der Waals surface area contributed by atoms with Crippen LogP contribution >= 0.6 is 15.9 Å². The summed E-state index contributed by atoms with van der Waals surface area (Å²) in [6.07, 6.45) is 0. The van der Waals surface area contributed by atoms with Crippen molar-refractivity contribution in [3.63, 3.8) is 0 Å². The lowest BCUT2D eigenvalue weighted by Gasteiger charge is -2.10. The van der Waals surface area contributed by atoms with E-state index in [2.05, 4.69) is 15.9 Å². The summed E-state index contributed by atoms with van der Waals surface area (Å²) in [7, 11) is -4.02. The van der Waals surface area contributed by atoms with Gasteiger partial charge in [-0.3, -0.25) is 4.79 Å². The first-order chi connectivity index (χ1) is 13.3. The number of ether oxygens (including phenoxy) is 1. The lowest BCUT2D eigenvalue weighted by molar-refractivity contribution is 0.0981. The third-order valence-electron chi connectivity index (χ3n) is 3.72. The first-order valence-electron chi connectivity index (χ1n) is 8.13. The minimum Gasteiger partial charge on any atom is -0.489 e. The largest absolute Gasteiger partial charge is 0.489 e. The van der Waals surface area contributed by atoms with Gasteiger partial charge in [-0.1, -0.05) is 40.2 Å². The van der Waals surface area contributed by atoms with Crippen LogP contribution in [0.25, 0.3) is 0 Å². The number of carbonyl (C=O) groups is 1. The van der Waals surface area contributed by atoms with Crippen LogP contribution in [0.1, 0.15) is 15.9 Å². The normalized spacial score (nSPS) is 11.1. The molecule has 0 fully saturated rings. The molecular formula is C20H15BrFNO4S. The Labute approximate surface area is 170 Å². The summed E-state index contributed by atoms with van der Waals surface area (Å²) < 4.78 is 46.1. The molecule has 3 aromatic carbocycles. The van der Waals surface area contributed by atoms with E-state index in [0.29, 0.717) is 15.8 Å². The molecule has 3 aromatic rings. The number of hydrogen-bond acceptors (Lipinski definition) is 4. The molecule has 0 bridgehead atoms. The fourth-order valence-corrected chi connectivity index (χ4v) is 3.96. The maximum absolute atomic E-state index is 13.2. The topological polar surface area (TPSA) is 72.5 Å². The standard InChI is InChI=1S/C20H15BrFNO4S/c21-16-6-3-9-19(12-16)28(25,26)23-20(24)15-5-2-8-18(11-15)27-13-14-4-1-7-17(22)10-14/h1-12H,13H2,(H,23,24). The molecule has 0 unspecified atom stereocenters. The van der Waals surface area contributed by atoms with E-state index in [-0.39, 0.29) is 22.9 Å². The van der Waals surface area contributed by atoms with Crippen molar-refractivity contribution in [1.82, 2.24) is 4.72 Å². The molecule has 1 N–H and O–H groups in total. The predicted octanol–water partition coefficient (Wildman–Crippen LogP) is 4.29. The Morgan fingerprint density at radius 3 is 2.50 bits per heavy atom. The van der Waals surface area contributed by atoms with Gasteiger partial charge < -0.3 is 4.74 Å². The Morgan fingerprint density at radius 1 is 1.00 bits per heavy atom. The highest BCUT2D eigenvalue weighted by Crippen LogP contribution is 2.18. The maximum atomic E-state index is 13.2. The highest BCUT2D eigenvalue weighted by molar-refractivity contribution is 9.10. The van der Waals surface area contributed by atoms with E-state index < -0.39 is 15.9 Å². The average molecular weight is 464 g/mol. The molecule has 0 aliphatic rings. The highest BCUT2D eigenvalue weighted by Gasteiger charge is 2.19. The van der Waals surface area contributed by atoms with E-state index in [9.17, 15) is 17.6 Å². The molecule has 0 heterocycles. The van der Waals surface area contributed by atoms with Crippen molar-refractivity contribution in [3.8, 4) is 5.75 Å². The second-order valence-electron chi connectivity index (χ2n) is 5.84. The summed E-state index contributed by atoms with van der Waals surface area (Å²) in [5, 5.41) is 0. The molecule has 0 radical (unpaired) electrons. The van der Waals surface area contributed by atoms with Crippen LogP contribution < -0.4 is 9.46 Å². The summed E-state index contributed by atoms with van der Waals surface area (Å²) in [6.45, 7) is 0.110. The first kappa shape index (κ1) is 20.0. The SMILES string of the molecule is O=C(NS(=O)(=O)c1cccc(Br)c1)c1cccc(OCc2cccc(F)c2)c1. The molecule has 28 heavy (non-hydrogen) atoms. The van der Waals surface area contributed by atoms with Crippen LogP contribution in [-0.2, 0) is 16.6 Å². The van der Waals surface area contributed by atoms with Crippen molar-refractivity contribution in [2.75, 3.05) is 0 Å². The number of hydrogen-bond donors (Lipinski definition) is 1. The molecule has 8 heteroatoms. The Kier molecular flexibility index (Phi) is 6.11. The Hall–Kier alpha value is -2.71.